The van der Waals surface area contributed by atoms with E-state index in [0.29, 0.717) is 6.42 Å². The molecule has 20 heavy (non-hydrogen) atoms. The van der Waals surface area contributed by atoms with Crippen LogP contribution in [0.5, 0.6) is 0 Å². The van der Waals surface area contributed by atoms with Gasteiger partial charge in [-0.2, -0.15) is 5.26 Å². The number of anilines is 1. The van der Waals surface area contributed by atoms with Crippen molar-refractivity contribution in [3.8, 4) is 6.07 Å². The number of aryl methyl sites for hydroxylation is 1. The summed E-state index contributed by atoms with van der Waals surface area (Å²) in [6.45, 7) is 8.49. The van der Waals surface area contributed by atoms with Gasteiger partial charge in [-0.25, -0.2) is 0 Å². The van der Waals surface area contributed by atoms with Crippen LogP contribution in [0.15, 0.2) is 22.7 Å². The van der Waals surface area contributed by atoms with Gasteiger partial charge in [0.25, 0.3) is 0 Å². The number of piperazine rings is 1. The molecular weight excluding hydrogens is 314 g/mol. The Hall–Kier alpha value is -1.05. The van der Waals surface area contributed by atoms with Crippen molar-refractivity contribution in [1.82, 2.24) is 4.90 Å². The maximum atomic E-state index is 9.04. The number of hydrogen-bond acceptors (Lipinski definition) is 3. The molecule has 0 amide bonds. The summed E-state index contributed by atoms with van der Waals surface area (Å²) in [7, 11) is 2.13. The highest BCUT2D eigenvalue weighted by atomic mass is 79.9. The fourth-order valence-corrected chi connectivity index (χ4v) is 3.09. The van der Waals surface area contributed by atoms with E-state index in [1.807, 2.05) is 0 Å². The van der Waals surface area contributed by atoms with Crippen molar-refractivity contribution in [2.75, 3.05) is 25.0 Å². The Kier molecular flexibility index (Phi) is 4.41. The normalized spacial score (nSPS) is 22.6. The largest absolute Gasteiger partial charge is 0.368 e. The highest BCUT2D eigenvalue weighted by molar-refractivity contribution is 9.10. The Morgan fingerprint density at radius 3 is 2.75 bits per heavy atom. The summed E-state index contributed by atoms with van der Waals surface area (Å²) >= 11 is 3.55. The molecule has 1 aromatic rings. The molecule has 0 aromatic heterocycles. The number of benzene rings is 1. The number of hydrogen-bond donors (Lipinski definition) is 0. The molecule has 1 aliphatic rings. The second-order valence-electron chi connectivity index (χ2n) is 6.25. The van der Waals surface area contributed by atoms with Gasteiger partial charge in [0.2, 0.25) is 0 Å². The van der Waals surface area contributed by atoms with Gasteiger partial charge in [0, 0.05) is 34.8 Å². The fraction of sp³-hybridized carbons (Fsp3) is 0.562. The Morgan fingerprint density at radius 2 is 2.15 bits per heavy atom. The summed E-state index contributed by atoms with van der Waals surface area (Å²) < 4.78 is 1.14. The summed E-state index contributed by atoms with van der Waals surface area (Å²) in [5, 5.41) is 9.04. The molecular formula is C16H22BrN3. The second-order valence-corrected chi connectivity index (χ2v) is 7.11. The molecule has 0 spiro atoms. The Balaban J connectivity index is 2.28. The fourth-order valence-electron chi connectivity index (χ4n) is 2.84. The number of nitriles is 1. The van der Waals surface area contributed by atoms with Crippen LogP contribution in [0.3, 0.4) is 0 Å². The molecule has 0 radical (unpaired) electrons. The van der Waals surface area contributed by atoms with E-state index in [9.17, 15) is 0 Å². The molecule has 108 valence electrons. The molecule has 1 fully saturated rings. The highest BCUT2D eigenvalue weighted by Gasteiger charge is 2.37. The minimum atomic E-state index is 0.0702. The van der Waals surface area contributed by atoms with Gasteiger partial charge >= 0.3 is 0 Å². The molecule has 1 heterocycles. The number of nitrogens with zero attached hydrogens (tertiary/aromatic N) is 3. The van der Waals surface area contributed by atoms with E-state index in [-0.39, 0.29) is 11.6 Å². The quantitative estimate of drug-likeness (QED) is 0.827. The van der Waals surface area contributed by atoms with E-state index >= 15 is 0 Å². The first-order valence-corrected chi connectivity index (χ1v) is 7.75. The number of likely N-dealkylation sites (N-methyl/N-ethyl adjacent to an activating group) is 1. The monoisotopic (exact) mass is 335 g/mol. The van der Waals surface area contributed by atoms with Crippen LogP contribution < -0.4 is 4.90 Å². The lowest BCUT2D eigenvalue weighted by Crippen LogP contribution is -2.62. The first kappa shape index (κ1) is 15.3. The topological polar surface area (TPSA) is 30.3 Å². The zero-order valence-electron chi connectivity index (χ0n) is 12.7. The van der Waals surface area contributed by atoms with Crippen LogP contribution in [0.1, 0.15) is 25.8 Å². The third kappa shape index (κ3) is 2.99. The van der Waals surface area contributed by atoms with Gasteiger partial charge in [-0.1, -0.05) is 15.9 Å². The van der Waals surface area contributed by atoms with Gasteiger partial charge in [-0.05, 0) is 51.6 Å². The molecule has 0 saturated carbocycles. The van der Waals surface area contributed by atoms with E-state index in [1.54, 1.807) is 0 Å². The van der Waals surface area contributed by atoms with Gasteiger partial charge in [0.1, 0.15) is 0 Å². The first-order valence-electron chi connectivity index (χ1n) is 6.96. The molecule has 3 nitrogen and oxygen atoms in total. The van der Waals surface area contributed by atoms with Crippen molar-refractivity contribution in [1.29, 1.82) is 5.26 Å². The summed E-state index contributed by atoms with van der Waals surface area (Å²) in [5.74, 6) is 0. The molecule has 1 aromatic carbocycles. The molecule has 1 aliphatic heterocycles. The van der Waals surface area contributed by atoms with Gasteiger partial charge < -0.3 is 4.90 Å². The third-order valence-electron chi connectivity index (χ3n) is 4.35. The van der Waals surface area contributed by atoms with E-state index in [4.69, 9.17) is 5.26 Å². The van der Waals surface area contributed by atoms with Crippen LogP contribution in [-0.4, -0.2) is 36.6 Å². The van der Waals surface area contributed by atoms with Crippen LogP contribution in [0.25, 0.3) is 0 Å². The third-order valence-corrected chi connectivity index (χ3v) is 5.23. The van der Waals surface area contributed by atoms with Crippen molar-refractivity contribution in [3.05, 3.63) is 28.2 Å². The molecule has 1 unspecified atom stereocenters. The van der Waals surface area contributed by atoms with Gasteiger partial charge in [0.05, 0.1) is 12.5 Å². The minimum Gasteiger partial charge on any atom is -0.368 e. The maximum Gasteiger partial charge on any atom is 0.0638 e. The van der Waals surface area contributed by atoms with Crippen LogP contribution in [0.2, 0.25) is 0 Å². The smallest absolute Gasteiger partial charge is 0.0638 e. The summed E-state index contributed by atoms with van der Waals surface area (Å²) in [6, 6.07) is 9.09. The van der Waals surface area contributed by atoms with Gasteiger partial charge in [-0.15, -0.1) is 0 Å². The van der Waals surface area contributed by atoms with Crippen molar-refractivity contribution in [2.24, 2.45) is 0 Å². The van der Waals surface area contributed by atoms with Crippen LogP contribution in [-0.2, 0) is 0 Å². The van der Waals surface area contributed by atoms with E-state index in [1.165, 1.54) is 11.3 Å². The number of rotatable bonds is 2. The van der Waals surface area contributed by atoms with Crippen molar-refractivity contribution >= 4 is 21.6 Å². The lowest BCUT2D eigenvalue weighted by molar-refractivity contribution is 0.0826. The molecule has 0 bridgehead atoms. The predicted molar refractivity (Wildman–Crippen MR) is 87.0 cm³/mol. The maximum absolute atomic E-state index is 9.04. The van der Waals surface area contributed by atoms with E-state index < -0.39 is 0 Å². The van der Waals surface area contributed by atoms with Gasteiger partial charge in [0.15, 0.2) is 0 Å². The van der Waals surface area contributed by atoms with Crippen LogP contribution in [0, 0.1) is 18.3 Å². The standard InChI is InChI=1S/C16H22BrN3/c1-12-9-13(5-6-15(12)17)20-10-14(7-8-18)19(4)16(2,3)11-20/h5-6,9,14H,7,10-11H2,1-4H3. The molecule has 0 aliphatic carbocycles. The zero-order chi connectivity index (χ0) is 14.9. The highest BCUT2D eigenvalue weighted by Crippen LogP contribution is 2.30. The van der Waals surface area contributed by atoms with Crippen molar-refractivity contribution < 1.29 is 0 Å². The Morgan fingerprint density at radius 1 is 1.45 bits per heavy atom. The van der Waals surface area contributed by atoms with Crippen molar-refractivity contribution in [2.45, 2.75) is 38.8 Å². The SMILES string of the molecule is Cc1cc(N2CC(CC#N)N(C)C(C)(C)C2)ccc1Br. The lowest BCUT2D eigenvalue weighted by atomic mass is 9.94. The molecule has 4 heteroatoms. The second kappa shape index (κ2) is 5.75. The van der Waals surface area contributed by atoms with Crippen LogP contribution in [0.4, 0.5) is 5.69 Å². The molecule has 0 N–H and O–H groups in total. The lowest BCUT2D eigenvalue weighted by Gasteiger charge is -2.50. The summed E-state index contributed by atoms with van der Waals surface area (Å²) in [4.78, 5) is 4.75. The van der Waals surface area contributed by atoms with Gasteiger partial charge in [-0.3, -0.25) is 4.90 Å². The average Bonchev–Trinajstić information content (AvgIpc) is 2.38. The number of halogens is 1. The first-order chi connectivity index (χ1) is 9.35. The average molecular weight is 336 g/mol. The van der Waals surface area contributed by atoms with Crippen molar-refractivity contribution in [3.63, 3.8) is 0 Å². The van der Waals surface area contributed by atoms with Crippen LogP contribution >= 0.6 is 15.9 Å². The minimum absolute atomic E-state index is 0.0702. The summed E-state index contributed by atoms with van der Waals surface area (Å²) in [6.07, 6.45) is 0.575. The molecule has 2 rings (SSSR count). The Bertz CT molecular complexity index is 533. The zero-order valence-corrected chi connectivity index (χ0v) is 14.2. The molecule has 1 saturated heterocycles. The van der Waals surface area contributed by atoms with E-state index in [2.05, 4.69) is 77.8 Å². The molecule has 1 atom stereocenters. The predicted octanol–water partition coefficient (Wildman–Crippen LogP) is 3.57. The van der Waals surface area contributed by atoms with E-state index in [0.717, 1.165) is 17.6 Å². The summed E-state index contributed by atoms with van der Waals surface area (Å²) in [5.41, 5.74) is 2.56. The Labute approximate surface area is 130 Å².